The highest BCUT2D eigenvalue weighted by Crippen LogP contribution is 2.17. The van der Waals surface area contributed by atoms with Crippen LogP contribution < -0.4 is 15.8 Å². The highest BCUT2D eigenvalue weighted by Gasteiger charge is 2.10. The Morgan fingerprint density at radius 2 is 2.15 bits per heavy atom. The van der Waals surface area contributed by atoms with Crippen LogP contribution in [0.4, 0.5) is 0 Å². The van der Waals surface area contributed by atoms with Crippen LogP contribution in [-0.4, -0.2) is 35.6 Å². The van der Waals surface area contributed by atoms with E-state index in [0.29, 0.717) is 13.0 Å². The van der Waals surface area contributed by atoms with Crippen LogP contribution in [0.3, 0.4) is 0 Å². The summed E-state index contributed by atoms with van der Waals surface area (Å²) in [4.78, 5) is 19.6. The number of aromatic amines is 1. The molecule has 6 heteroatoms. The van der Waals surface area contributed by atoms with Gasteiger partial charge in [0, 0.05) is 42.0 Å². The zero-order valence-corrected chi connectivity index (χ0v) is 14.6. The van der Waals surface area contributed by atoms with Gasteiger partial charge in [0.25, 0.3) is 0 Å². The number of aromatic nitrogens is 2. The lowest BCUT2D eigenvalue weighted by Gasteiger charge is -2.16. The lowest BCUT2D eigenvalue weighted by molar-refractivity contribution is -0.117. The molecule has 0 saturated carbocycles. The highest BCUT2D eigenvalue weighted by molar-refractivity contribution is 5.95. The molecule has 0 radical (unpaired) electrons. The molecule has 0 unspecified atom stereocenters. The van der Waals surface area contributed by atoms with E-state index in [4.69, 9.17) is 10.5 Å². The third-order valence-electron chi connectivity index (χ3n) is 4.17. The molecule has 2 aromatic heterocycles. The normalized spacial score (nSPS) is 12.4. The summed E-state index contributed by atoms with van der Waals surface area (Å²) in [6.07, 6.45) is 7.52. The molecule has 0 saturated heterocycles. The van der Waals surface area contributed by atoms with Gasteiger partial charge in [-0.15, -0.1) is 0 Å². The van der Waals surface area contributed by atoms with E-state index >= 15 is 0 Å². The van der Waals surface area contributed by atoms with E-state index in [9.17, 15) is 4.79 Å². The number of nitrogens with two attached hydrogens (primary N) is 1. The first-order valence-electron chi connectivity index (χ1n) is 8.43. The zero-order chi connectivity index (χ0) is 18.4. The van der Waals surface area contributed by atoms with Crippen LogP contribution in [0.5, 0.6) is 5.75 Å². The van der Waals surface area contributed by atoms with E-state index in [0.717, 1.165) is 27.9 Å². The number of ether oxygens (including phenoxy) is 1. The number of pyridine rings is 1. The molecule has 6 nitrogen and oxygen atoms in total. The van der Waals surface area contributed by atoms with Crippen LogP contribution in [0.2, 0.25) is 0 Å². The molecular formula is C20H22N4O2. The maximum Gasteiger partial charge on any atom is 0.244 e. The van der Waals surface area contributed by atoms with Crippen LogP contribution >= 0.6 is 0 Å². The van der Waals surface area contributed by atoms with Gasteiger partial charge in [0.2, 0.25) is 5.91 Å². The molecule has 26 heavy (non-hydrogen) atoms. The number of fused-ring (bicyclic) bond motifs is 1. The smallest absolute Gasteiger partial charge is 0.244 e. The van der Waals surface area contributed by atoms with Crippen LogP contribution in [0.15, 0.2) is 54.9 Å². The zero-order valence-electron chi connectivity index (χ0n) is 14.6. The van der Waals surface area contributed by atoms with Crippen molar-refractivity contribution in [2.75, 3.05) is 13.7 Å². The van der Waals surface area contributed by atoms with Gasteiger partial charge < -0.3 is 20.8 Å². The van der Waals surface area contributed by atoms with Gasteiger partial charge >= 0.3 is 0 Å². The molecule has 0 spiro atoms. The number of benzene rings is 1. The van der Waals surface area contributed by atoms with Crippen molar-refractivity contribution in [1.82, 2.24) is 15.3 Å². The molecule has 0 bridgehead atoms. The SMILES string of the molecule is COc1ccc(C[C@@H](CN)NC(=O)C=Cc2c[nH]c3ncccc23)cc1. The number of hydrogen-bond acceptors (Lipinski definition) is 4. The van der Waals surface area contributed by atoms with Crippen molar-refractivity contribution >= 4 is 23.0 Å². The topological polar surface area (TPSA) is 93.0 Å². The second kappa shape index (κ2) is 8.31. The molecule has 3 rings (SSSR count). The number of carbonyl (C=O) groups excluding carboxylic acids is 1. The first-order valence-corrected chi connectivity index (χ1v) is 8.43. The minimum atomic E-state index is -0.174. The second-order valence-electron chi connectivity index (χ2n) is 5.97. The lowest BCUT2D eigenvalue weighted by atomic mass is 10.1. The molecule has 134 valence electrons. The fourth-order valence-corrected chi connectivity index (χ4v) is 2.77. The molecule has 1 atom stereocenters. The predicted molar refractivity (Wildman–Crippen MR) is 103 cm³/mol. The third kappa shape index (κ3) is 4.29. The summed E-state index contributed by atoms with van der Waals surface area (Å²) in [6, 6.07) is 11.4. The predicted octanol–water partition coefficient (Wildman–Crippen LogP) is 2.27. The quantitative estimate of drug-likeness (QED) is 0.570. The molecule has 4 N–H and O–H groups in total. The van der Waals surface area contributed by atoms with Gasteiger partial charge in [0.1, 0.15) is 11.4 Å². The minimum Gasteiger partial charge on any atom is -0.497 e. The number of amides is 1. The number of rotatable bonds is 7. The van der Waals surface area contributed by atoms with Crippen LogP contribution in [-0.2, 0) is 11.2 Å². The number of hydrogen-bond donors (Lipinski definition) is 3. The maximum atomic E-state index is 12.2. The fraction of sp³-hybridized carbons (Fsp3) is 0.200. The number of nitrogens with one attached hydrogen (secondary N) is 2. The molecule has 3 aromatic rings. The summed E-state index contributed by atoms with van der Waals surface area (Å²) in [5.41, 5.74) is 8.62. The van der Waals surface area contributed by atoms with E-state index < -0.39 is 0 Å². The highest BCUT2D eigenvalue weighted by atomic mass is 16.5. The van der Waals surface area contributed by atoms with Crippen molar-refractivity contribution in [2.45, 2.75) is 12.5 Å². The maximum absolute atomic E-state index is 12.2. The van der Waals surface area contributed by atoms with Gasteiger partial charge in [0.15, 0.2) is 0 Å². The van der Waals surface area contributed by atoms with Gasteiger partial charge in [-0.05, 0) is 42.3 Å². The average Bonchev–Trinajstić information content (AvgIpc) is 3.09. The van der Waals surface area contributed by atoms with Crippen LogP contribution in [0, 0.1) is 0 Å². The molecule has 0 aliphatic rings. The van der Waals surface area contributed by atoms with Crippen molar-refractivity contribution in [3.05, 3.63) is 66.0 Å². The molecule has 1 aromatic carbocycles. The number of methoxy groups -OCH3 is 1. The summed E-state index contributed by atoms with van der Waals surface area (Å²) in [6.45, 7) is 0.364. The van der Waals surface area contributed by atoms with E-state index in [1.165, 1.54) is 6.08 Å². The number of H-pyrrole nitrogens is 1. The number of nitrogens with zero attached hydrogens (tertiary/aromatic N) is 1. The van der Waals surface area contributed by atoms with Gasteiger partial charge in [0.05, 0.1) is 7.11 Å². The van der Waals surface area contributed by atoms with Gasteiger partial charge in [-0.1, -0.05) is 12.1 Å². The Balaban J connectivity index is 1.61. The van der Waals surface area contributed by atoms with Crippen LogP contribution in [0.1, 0.15) is 11.1 Å². The lowest BCUT2D eigenvalue weighted by Crippen LogP contribution is -2.40. The van der Waals surface area contributed by atoms with E-state index in [2.05, 4.69) is 15.3 Å². The Hall–Kier alpha value is -3.12. The Morgan fingerprint density at radius 1 is 1.35 bits per heavy atom. The molecule has 0 fully saturated rings. The van der Waals surface area contributed by atoms with E-state index in [1.54, 1.807) is 19.4 Å². The first-order chi connectivity index (χ1) is 12.7. The summed E-state index contributed by atoms with van der Waals surface area (Å²) in [5.74, 6) is 0.630. The standard InChI is InChI=1S/C20H22N4O2/c1-26-17-7-4-14(5-8-17)11-16(12-21)24-19(25)9-6-15-13-23-20-18(15)3-2-10-22-20/h2-10,13,16H,11-12,21H2,1H3,(H,22,23)(H,24,25)/t16-/m0/s1. The molecule has 2 heterocycles. The summed E-state index contributed by atoms with van der Waals surface area (Å²) >= 11 is 0. The van der Waals surface area contributed by atoms with Crippen molar-refractivity contribution in [1.29, 1.82) is 0 Å². The van der Waals surface area contributed by atoms with Crippen LogP contribution in [0.25, 0.3) is 17.1 Å². The Bertz CT molecular complexity index is 900. The van der Waals surface area contributed by atoms with Gasteiger partial charge in [-0.3, -0.25) is 4.79 Å². The second-order valence-corrected chi connectivity index (χ2v) is 5.97. The third-order valence-corrected chi connectivity index (χ3v) is 4.17. The van der Waals surface area contributed by atoms with Crippen molar-refractivity contribution in [3.8, 4) is 5.75 Å². The van der Waals surface area contributed by atoms with Crippen molar-refractivity contribution in [3.63, 3.8) is 0 Å². The molecular weight excluding hydrogens is 328 g/mol. The van der Waals surface area contributed by atoms with Crippen molar-refractivity contribution in [2.24, 2.45) is 5.73 Å². The summed E-state index contributed by atoms with van der Waals surface area (Å²) in [7, 11) is 1.63. The largest absolute Gasteiger partial charge is 0.497 e. The summed E-state index contributed by atoms with van der Waals surface area (Å²) in [5, 5.41) is 3.92. The van der Waals surface area contributed by atoms with E-state index in [-0.39, 0.29) is 11.9 Å². The monoisotopic (exact) mass is 350 g/mol. The van der Waals surface area contributed by atoms with Crippen molar-refractivity contribution < 1.29 is 9.53 Å². The molecule has 0 aliphatic heterocycles. The average molecular weight is 350 g/mol. The van der Waals surface area contributed by atoms with Gasteiger partial charge in [-0.2, -0.15) is 0 Å². The summed E-state index contributed by atoms with van der Waals surface area (Å²) < 4.78 is 5.15. The van der Waals surface area contributed by atoms with Gasteiger partial charge in [-0.25, -0.2) is 4.98 Å². The number of carbonyl (C=O) groups is 1. The minimum absolute atomic E-state index is 0.134. The Morgan fingerprint density at radius 3 is 2.88 bits per heavy atom. The fourth-order valence-electron chi connectivity index (χ4n) is 2.77. The van der Waals surface area contributed by atoms with E-state index in [1.807, 2.05) is 42.6 Å². The Labute approximate surface area is 152 Å². The molecule has 0 aliphatic carbocycles. The molecule has 1 amide bonds. The first kappa shape index (κ1) is 17.7. The Kier molecular flexibility index (Phi) is 5.66.